The second kappa shape index (κ2) is 9.18. The van der Waals surface area contributed by atoms with Gasteiger partial charge in [-0.3, -0.25) is 18.4 Å². The van der Waals surface area contributed by atoms with Crippen molar-refractivity contribution in [3.05, 3.63) is 0 Å². The zero-order chi connectivity index (χ0) is 16.7. The molecule has 6 heteroatoms. The Morgan fingerprint density at radius 1 is 1.00 bits per heavy atom. The van der Waals surface area contributed by atoms with E-state index in [1.165, 1.54) is 0 Å². The van der Waals surface area contributed by atoms with E-state index in [0.29, 0.717) is 25.2 Å². The van der Waals surface area contributed by atoms with Crippen LogP contribution in [0, 0.1) is 17.8 Å². The van der Waals surface area contributed by atoms with E-state index >= 15 is 0 Å². The van der Waals surface area contributed by atoms with Crippen LogP contribution >= 0.6 is 0 Å². The minimum Gasteiger partial charge on any atom is -0.456 e. The Bertz CT molecular complexity index is 399. The van der Waals surface area contributed by atoms with Gasteiger partial charge in [-0.05, 0) is 37.5 Å². The molecule has 2 aliphatic carbocycles. The summed E-state index contributed by atoms with van der Waals surface area (Å²) in [5, 5.41) is 2.71. The van der Waals surface area contributed by atoms with Gasteiger partial charge in [0.05, 0.1) is 13.3 Å². The van der Waals surface area contributed by atoms with Crippen molar-refractivity contribution in [1.29, 1.82) is 0 Å². The lowest BCUT2D eigenvalue weighted by Crippen LogP contribution is -2.48. The number of carbonyl (C=O) groups excluding carboxylic acids is 2. The van der Waals surface area contributed by atoms with Crippen molar-refractivity contribution < 1.29 is 23.1 Å². The van der Waals surface area contributed by atoms with E-state index in [1.807, 2.05) is 0 Å². The van der Waals surface area contributed by atoms with Crippen molar-refractivity contribution >= 4 is 11.9 Å². The SMILES string of the molecule is O=C(COC(=O)CC1CCCC1)NC1CCCC(CF)C1CF. The number of carbonyl (C=O) groups is 2. The zero-order valence-corrected chi connectivity index (χ0v) is 13.6. The van der Waals surface area contributed by atoms with Gasteiger partial charge < -0.3 is 10.1 Å². The van der Waals surface area contributed by atoms with Gasteiger partial charge in [0.25, 0.3) is 5.91 Å². The molecule has 0 aromatic carbocycles. The molecular weight excluding hydrogens is 304 g/mol. The Labute approximate surface area is 136 Å². The van der Waals surface area contributed by atoms with Crippen LogP contribution in [0.15, 0.2) is 0 Å². The van der Waals surface area contributed by atoms with E-state index in [4.69, 9.17) is 4.74 Å². The molecule has 23 heavy (non-hydrogen) atoms. The van der Waals surface area contributed by atoms with Gasteiger partial charge in [-0.25, -0.2) is 0 Å². The standard InChI is InChI=1S/C17H27F2NO3/c18-9-13-6-3-7-15(14(13)10-19)20-16(21)11-23-17(22)8-12-4-1-2-5-12/h12-15H,1-11H2,(H,20,21). The third-order valence-corrected chi connectivity index (χ3v) is 5.23. The van der Waals surface area contributed by atoms with Crippen molar-refractivity contribution in [3.8, 4) is 0 Å². The van der Waals surface area contributed by atoms with Gasteiger partial charge in [0.15, 0.2) is 6.61 Å². The molecule has 1 N–H and O–H groups in total. The van der Waals surface area contributed by atoms with Crippen LogP contribution in [-0.4, -0.2) is 37.9 Å². The predicted octanol–water partition coefficient (Wildman–Crippen LogP) is 2.95. The fourth-order valence-electron chi connectivity index (χ4n) is 3.86. The minimum absolute atomic E-state index is 0.330. The number of halogens is 2. The predicted molar refractivity (Wildman–Crippen MR) is 82.2 cm³/mol. The van der Waals surface area contributed by atoms with Crippen LogP contribution in [0.2, 0.25) is 0 Å². The first-order chi connectivity index (χ1) is 11.1. The lowest BCUT2D eigenvalue weighted by Gasteiger charge is -2.35. The Morgan fingerprint density at radius 3 is 2.39 bits per heavy atom. The molecule has 3 atom stereocenters. The number of hydrogen-bond donors (Lipinski definition) is 1. The van der Waals surface area contributed by atoms with Gasteiger partial charge in [-0.15, -0.1) is 0 Å². The summed E-state index contributed by atoms with van der Waals surface area (Å²) in [7, 11) is 0. The van der Waals surface area contributed by atoms with E-state index in [-0.39, 0.29) is 24.5 Å². The molecule has 2 fully saturated rings. The van der Waals surface area contributed by atoms with Crippen LogP contribution in [0.25, 0.3) is 0 Å². The first-order valence-electron chi connectivity index (χ1n) is 8.71. The highest BCUT2D eigenvalue weighted by atomic mass is 19.1. The second-order valence-electron chi connectivity index (χ2n) is 6.85. The summed E-state index contributed by atoms with van der Waals surface area (Å²) in [4.78, 5) is 23.6. The van der Waals surface area contributed by atoms with Gasteiger partial charge >= 0.3 is 5.97 Å². The van der Waals surface area contributed by atoms with Crippen LogP contribution < -0.4 is 5.32 Å². The molecule has 1 amide bonds. The molecule has 0 saturated heterocycles. The van der Waals surface area contributed by atoms with Crippen molar-refractivity contribution in [2.45, 2.75) is 57.4 Å². The molecule has 0 spiro atoms. The molecule has 3 unspecified atom stereocenters. The maximum Gasteiger partial charge on any atom is 0.306 e. The molecule has 4 nitrogen and oxygen atoms in total. The molecule has 0 radical (unpaired) electrons. The van der Waals surface area contributed by atoms with Gasteiger partial charge in [-0.2, -0.15) is 0 Å². The third-order valence-electron chi connectivity index (χ3n) is 5.23. The lowest BCUT2D eigenvalue weighted by atomic mass is 9.77. The Kier molecular flexibility index (Phi) is 7.24. The van der Waals surface area contributed by atoms with Gasteiger partial charge in [0.1, 0.15) is 0 Å². The molecule has 2 rings (SSSR count). The van der Waals surface area contributed by atoms with Crippen LogP contribution in [0.5, 0.6) is 0 Å². The summed E-state index contributed by atoms with van der Waals surface area (Å²) in [6.45, 7) is -1.53. The van der Waals surface area contributed by atoms with Crippen molar-refractivity contribution in [2.24, 2.45) is 17.8 Å². The van der Waals surface area contributed by atoms with Gasteiger partial charge in [0.2, 0.25) is 0 Å². The highest BCUT2D eigenvalue weighted by molar-refractivity contribution is 5.80. The lowest BCUT2D eigenvalue weighted by molar-refractivity contribution is -0.149. The monoisotopic (exact) mass is 331 g/mol. The topological polar surface area (TPSA) is 55.4 Å². The van der Waals surface area contributed by atoms with Crippen LogP contribution in [0.3, 0.4) is 0 Å². The molecule has 0 heterocycles. The van der Waals surface area contributed by atoms with E-state index in [0.717, 1.165) is 32.1 Å². The Balaban J connectivity index is 1.71. The second-order valence-corrected chi connectivity index (χ2v) is 6.85. The smallest absolute Gasteiger partial charge is 0.306 e. The summed E-state index contributed by atoms with van der Waals surface area (Å²) >= 11 is 0. The largest absolute Gasteiger partial charge is 0.456 e. The quantitative estimate of drug-likeness (QED) is 0.730. The zero-order valence-electron chi connectivity index (χ0n) is 13.6. The third kappa shape index (κ3) is 5.43. The van der Waals surface area contributed by atoms with E-state index < -0.39 is 25.2 Å². The molecule has 0 aromatic heterocycles. The molecule has 0 aromatic rings. The molecule has 0 bridgehead atoms. The molecular formula is C17H27F2NO3. The molecule has 132 valence electrons. The summed E-state index contributed by atoms with van der Waals surface area (Å²) < 4.78 is 31.1. The number of rotatable bonds is 7. The fraction of sp³-hybridized carbons (Fsp3) is 0.882. The van der Waals surface area contributed by atoms with E-state index in [9.17, 15) is 18.4 Å². The molecule has 2 aliphatic rings. The Morgan fingerprint density at radius 2 is 1.74 bits per heavy atom. The van der Waals surface area contributed by atoms with Crippen molar-refractivity contribution in [2.75, 3.05) is 20.0 Å². The number of nitrogens with one attached hydrogen (secondary N) is 1. The average molecular weight is 331 g/mol. The maximum atomic E-state index is 13.2. The van der Waals surface area contributed by atoms with Crippen LogP contribution in [0.4, 0.5) is 8.78 Å². The normalized spacial score (nSPS) is 28.5. The first-order valence-corrected chi connectivity index (χ1v) is 8.71. The number of alkyl halides is 2. The highest BCUT2D eigenvalue weighted by Crippen LogP contribution is 2.31. The maximum absolute atomic E-state index is 13.2. The number of esters is 1. The summed E-state index contributed by atoms with van der Waals surface area (Å²) in [5.41, 5.74) is 0. The number of ether oxygens (including phenoxy) is 1. The number of amides is 1. The van der Waals surface area contributed by atoms with Gasteiger partial charge in [-0.1, -0.05) is 19.3 Å². The Hall–Kier alpha value is -1.20. The molecule has 2 saturated carbocycles. The fourth-order valence-corrected chi connectivity index (χ4v) is 3.86. The van der Waals surface area contributed by atoms with Gasteiger partial charge in [0, 0.05) is 18.4 Å². The highest BCUT2D eigenvalue weighted by Gasteiger charge is 2.34. The van der Waals surface area contributed by atoms with E-state index in [2.05, 4.69) is 5.32 Å². The summed E-state index contributed by atoms with van der Waals surface area (Å²) in [6.07, 6.45) is 6.85. The van der Waals surface area contributed by atoms with Crippen molar-refractivity contribution in [1.82, 2.24) is 5.32 Å². The van der Waals surface area contributed by atoms with Crippen molar-refractivity contribution in [3.63, 3.8) is 0 Å². The van der Waals surface area contributed by atoms with Crippen LogP contribution in [0.1, 0.15) is 51.4 Å². The van der Waals surface area contributed by atoms with Crippen LogP contribution in [-0.2, 0) is 14.3 Å². The molecule has 0 aliphatic heterocycles. The first kappa shape index (κ1) is 18.1. The van der Waals surface area contributed by atoms with E-state index in [1.54, 1.807) is 0 Å². The average Bonchev–Trinajstić information content (AvgIpc) is 3.05. The summed E-state index contributed by atoms with van der Waals surface area (Å²) in [5.74, 6) is -1.20. The number of hydrogen-bond acceptors (Lipinski definition) is 3. The minimum atomic E-state index is -0.638. The summed E-state index contributed by atoms with van der Waals surface area (Å²) in [6, 6.07) is -0.365.